The van der Waals surface area contributed by atoms with Crippen LogP contribution >= 0.6 is 15.9 Å². The van der Waals surface area contributed by atoms with Gasteiger partial charge in [-0.05, 0) is 67.3 Å². The third kappa shape index (κ3) is 8.85. The molecule has 0 heterocycles. The molecule has 2 amide bonds. The third-order valence-electron chi connectivity index (χ3n) is 8.71. The quantitative estimate of drug-likeness (QED) is 0.159. The molecule has 0 aromatic heterocycles. The Balaban J connectivity index is 1.58. The molecular formula is C38H42BrN3O5S. The van der Waals surface area contributed by atoms with E-state index < -0.39 is 28.5 Å². The molecule has 1 saturated carbocycles. The second-order valence-corrected chi connectivity index (χ2v) is 15.0. The van der Waals surface area contributed by atoms with Crippen molar-refractivity contribution in [3.63, 3.8) is 0 Å². The number of hydrogen-bond acceptors (Lipinski definition) is 5. The van der Waals surface area contributed by atoms with E-state index in [1.807, 2.05) is 61.5 Å². The van der Waals surface area contributed by atoms with E-state index in [1.54, 1.807) is 36.4 Å². The Kier molecular flexibility index (Phi) is 11.9. The molecule has 48 heavy (non-hydrogen) atoms. The van der Waals surface area contributed by atoms with Gasteiger partial charge >= 0.3 is 0 Å². The van der Waals surface area contributed by atoms with E-state index in [2.05, 4.69) is 21.2 Å². The first-order valence-electron chi connectivity index (χ1n) is 16.3. The van der Waals surface area contributed by atoms with Gasteiger partial charge in [-0.15, -0.1) is 0 Å². The summed E-state index contributed by atoms with van der Waals surface area (Å²) in [6.45, 7) is 1.42. The van der Waals surface area contributed by atoms with Crippen molar-refractivity contribution in [3.8, 4) is 5.75 Å². The zero-order valence-electron chi connectivity index (χ0n) is 27.3. The molecule has 1 N–H and O–H groups in total. The lowest BCUT2D eigenvalue weighted by Gasteiger charge is -2.35. The van der Waals surface area contributed by atoms with Crippen molar-refractivity contribution >= 4 is 43.5 Å². The zero-order chi connectivity index (χ0) is 34.1. The van der Waals surface area contributed by atoms with Crippen molar-refractivity contribution in [2.45, 2.75) is 69.0 Å². The number of nitrogens with zero attached hydrogens (tertiary/aromatic N) is 2. The van der Waals surface area contributed by atoms with Crippen LogP contribution in [0, 0.1) is 6.92 Å². The number of carbonyl (C=O) groups excluding carboxylic acids is 2. The second-order valence-electron chi connectivity index (χ2n) is 12.2. The molecule has 8 nitrogen and oxygen atoms in total. The van der Waals surface area contributed by atoms with Crippen LogP contribution in [0.5, 0.6) is 5.75 Å². The summed E-state index contributed by atoms with van der Waals surface area (Å²) in [5.74, 6) is -0.467. The fourth-order valence-electron chi connectivity index (χ4n) is 6.12. The maximum atomic E-state index is 14.8. The Morgan fingerprint density at radius 3 is 2.23 bits per heavy atom. The van der Waals surface area contributed by atoms with Crippen LogP contribution in [0.2, 0.25) is 0 Å². The number of anilines is 1. The van der Waals surface area contributed by atoms with Gasteiger partial charge in [-0.25, -0.2) is 8.42 Å². The van der Waals surface area contributed by atoms with Crippen LogP contribution in [0.15, 0.2) is 112 Å². The van der Waals surface area contributed by atoms with E-state index in [9.17, 15) is 18.0 Å². The minimum Gasteiger partial charge on any atom is -0.495 e. The Bertz CT molecular complexity index is 1790. The molecule has 1 aliphatic carbocycles. The van der Waals surface area contributed by atoms with E-state index in [0.717, 1.165) is 57.6 Å². The number of methoxy groups -OCH3 is 1. The van der Waals surface area contributed by atoms with Crippen LogP contribution in [0.25, 0.3) is 0 Å². The number of rotatable bonds is 13. The summed E-state index contributed by atoms with van der Waals surface area (Å²) in [4.78, 5) is 30.6. The van der Waals surface area contributed by atoms with Crippen molar-refractivity contribution in [1.29, 1.82) is 0 Å². The Morgan fingerprint density at radius 1 is 0.875 bits per heavy atom. The molecule has 0 bridgehead atoms. The number of sulfonamides is 1. The predicted octanol–water partition coefficient (Wildman–Crippen LogP) is 7.05. The lowest BCUT2D eigenvalue weighted by molar-refractivity contribution is -0.140. The molecule has 0 aliphatic heterocycles. The summed E-state index contributed by atoms with van der Waals surface area (Å²) >= 11 is 3.53. The number of para-hydroxylation sites is 2. The summed E-state index contributed by atoms with van der Waals surface area (Å²) in [5.41, 5.74) is 2.82. The van der Waals surface area contributed by atoms with Crippen LogP contribution in [0.3, 0.4) is 0 Å². The van der Waals surface area contributed by atoms with Crippen molar-refractivity contribution in [3.05, 3.63) is 124 Å². The van der Waals surface area contributed by atoms with Crippen LogP contribution < -0.4 is 14.4 Å². The van der Waals surface area contributed by atoms with Crippen molar-refractivity contribution in [2.75, 3.05) is 18.0 Å². The number of amides is 2. The number of ether oxygens (including phenoxy) is 1. The molecule has 252 valence electrons. The van der Waals surface area contributed by atoms with Gasteiger partial charge in [0.15, 0.2) is 0 Å². The van der Waals surface area contributed by atoms with Crippen LogP contribution in [-0.2, 0) is 32.6 Å². The fourth-order valence-corrected chi connectivity index (χ4v) is 7.99. The third-order valence-corrected chi connectivity index (χ3v) is 11.0. The summed E-state index contributed by atoms with van der Waals surface area (Å²) in [5, 5.41) is 3.24. The second kappa shape index (κ2) is 16.3. The predicted molar refractivity (Wildman–Crippen MR) is 192 cm³/mol. The monoisotopic (exact) mass is 731 g/mol. The molecule has 4 aromatic rings. The highest BCUT2D eigenvalue weighted by Gasteiger charge is 2.36. The molecule has 4 aromatic carbocycles. The Morgan fingerprint density at radius 2 is 1.54 bits per heavy atom. The number of carbonyl (C=O) groups is 2. The topological polar surface area (TPSA) is 96.0 Å². The Hall–Kier alpha value is -4.15. The van der Waals surface area contributed by atoms with E-state index in [4.69, 9.17) is 4.74 Å². The number of halogens is 1. The van der Waals surface area contributed by atoms with Gasteiger partial charge in [-0.1, -0.05) is 107 Å². The molecule has 1 fully saturated rings. The van der Waals surface area contributed by atoms with E-state index >= 15 is 0 Å². The maximum Gasteiger partial charge on any atom is 0.264 e. The first-order valence-corrected chi connectivity index (χ1v) is 18.5. The summed E-state index contributed by atoms with van der Waals surface area (Å²) < 4.78 is 36.2. The molecule has 1 aliphatic rings. The molecule has 5 rings (SSSR count). The van der Waals surface area contributed by atoms with Gasteiger partial charge in [0.2, 0.25) is 11.8 Å². The molecule has 1 atom stereocenters. The molecule has 0 saturated heterocycles. The fraction of sp³-hybridized carbons (Fsp3) is 0.316. The smallest absolute Gasteiger partial charge is 0.264 e. The number of benzene rings is 4. The van der Waals surface area contributed by atoms with Gasteiger partial charge in [-0.3, -0.25) is 13.9 Å². The van der Waals surface area contributed by atoms with Gasteiger partial charge in [0.25, 0.3) is 10.0 Å². The minimum absolute atomic E-state index is 0.0272. The molecule has 10 heteroatoms. The molecule has 0 spiro atoms. The van der Waals surface area contributed by atoms with E-state index in [0.29, 0.717) is 5.75 Å². The molecular weight excluding hydrogens is 690 g/mol. The lowest BCUT2D eigenvalue weighted by atomic mass is 9.94. The largest absolute Gasteiger partial charge is 0.495 e. The maximum absolute atomic E-state index is 14.8. The first-order chi connectivity index (χ1) is 23.2. The SMILES string of the molecule is COc1ccccc1N(CC(=O)N(Cc1cccc(Br)c1)C(Cc1ccccc1)C(=O)NC1CCCCC1)S(=O)(=O)c1ccc(C)cc1. The average molecular weight is 733 g/mol. The summed E-state index contributed by atoms with van der Waals surface area (Å²) in [6.07, 6.45) is 5.26. The van der Waals surface area contributed by atoms with Crippen molar-refractivity contribution in [2.24, 2.45) is 0 Å². The molecule has 1 unspecified atom stereocenters. The molecule has 0 radical (unpaired) electrons. The standard InChI is InChI=1S/C38H42BrN3O5S/c1-28-20-22-33(23-21-28)48(45,46)42(34-18-9-10-19-36(34)47-2)27-37(43)41(26-30-14-11-15-31(39)24-30)35(25-29-12-5-3-6-13-29)38(44)40-32-16-7-4-8-17-32/h3,5-6,9-15,18-24,32,35H,4,7-8,16-17,25-27H2,1-2H3,(H,40,44). The van der Waals surface area contributed by atoms with Crippen LogP contribution in [0.1, 0.15) is 48.8 Å². The van der Waals surface area contributed by atoms with Gasteiger partial charge in [0.1, 0.15) is 18.3 Å². The highest BCUT2D eigenvalue weighted by molar-refractivity contribution is 9.10. The minimum atomic E-state index is -4.24. The van der Waals surface area contributed by atoms with Crippen LogP contribution in [0.4, 0.5) is 5.69 Å². The number of aryl methyl sites for hydroxylation is 1. The summed E-state index contributed by atoms with van der Waals surface area (Å²) in [6, 6.07) is 29.5. The number of nitrogens with one attached hydrogen (secondary N) is 1. The van der Waals surface area contributed by atoms with Crippen molar-refractivity contribution < 1.29 is 22.7 Å². The van der Waals surface area contributed by atoms with Gasteiger partial charge in [0, 0.05) is 23.5 Å². The average Bonchev–Trinajstić information content (AvgIpc) is 3.09. The first kappa shape index (κ1) is 35.2. The normalized spacial score (nSPS) is 14.1. The summed E-state index contributed by atoms with van der Waals surface area (Å²) in [7, 11) is -2.78. The van der Waals surface area contributed by atoms with Gasteiger partial charge < -0.3 is 15.0 Å². The number of hydrogen-bond donors (Lipinski definition) is 1. The van der Waals surface area contributed by atoms with Gasteiger partial charge in [-0.2, -0.15) is 0 Å². The van der Waals surface area contributed by atoms with Crippen LogP contribution in [-0.4, -0.2) is 50.9 Å². The van der Waals surface area contributed by atoms with Crippen molar-refractivity contribution in [1.82, 2.24) is 10.2 Å². The highest BCUT2D eigenvalue weighted by atomic mass is 79.9. The highest BCUT2D eigenvalue weighted by Crippen LogP contribution is 2.33. The van der Waals surface area contributed by atoms with Gasteiger partial charge in [0.05, 0.1) is 17.7 Å². The zero-order valence-corrected chi connectivity index (χ0v) is 29.8. The van der Waals surface area contributed by atoms with E-state index in [-0.39, 0.29) is 35.5 Å². The Labute approximate surface area is 292 Å². The van der Waals surface area contributed by atoms with E-state index in [1.165, 1.54) is 24.1 Å². The lowest BCUT2D eigenvalue weighted by Crippen LogP contribution is -2.55.